The molecule has 120 valence electrons. The first-order valence-corrected chi connectivity index (χ1v) is 8.22. The number of amides is 2. The fraction of sp³-hybridized carbons (Fsp3) is 0.176. The van der Waals surface area contributed by atoms with Crippen LogP contribution in [0, 0.1) is 6.92 Å². The molecule has 2 N–H and O–H groups in total. The van der Waals surface area contributed by atoms with Gasteiger partial charge in [-0.15, -0.1) is 0 Å². The molecule has 0 fully saturated rings. The SMILES string of the molecule is Cc1ccc(NC(=O)C(=O)NCCc2ccc(Cl)cc2)cc1Br. The molecule has 0 heterocycles. The van der Waals surface area contributed by atoms with Crippen LogP contribution in [0.25, 0.3) is 0 Å². The molecule has 23 heavy (non-hydrogen) atoms. The average Bonchev–Trinajstić information content (AvgIpc) is 2.52. The summed E-state index contributed by atoms with van der Waals surface area (Å²) in [5, 5.41) is 5.83. The zero-order valence-corrected chi connectivity index (χ0v) is 14.9. The summed E-state index contributed by atoms with van der Waals surface area (Å²) >= 11 is 9.19. The van der Waals surface area contributed by atoms with E-state index in [9.17, 15) is 9.59 Å². The number of carbonyl (C=O) groups excluding carboxylic acids is 2. The van der Waals surface area contributed by atoms with Gasteiger partial charge in [-0.1, -0.05) is 45.7 Å². The maximum Gasteiger partial charge on any atom is 0.313 e. The van der Waals surface area contributed by atoms with Crippen LogP contribution >= 0.6 is 27.5 Å². The van der Waals surface area contributed by atoms with Gasteiger partial charge in [-0.25, -0.2) is 0 Å². The van der Waals surface area contributed by atoms with E-state index in [1.165, 1.54) is 0 Å². The molecule has 6 heteroatoms. The number of rotatable bonds is 4. The third kappa shape index (κ3) is 5.37. The van der Waals surface area contributed by atoms with Crippen molar-refractivity contribution >= 4 is 45.0 Å². The Balaban J connectivity index is 1.81. The van der Waals surface area contributed by atoms with Gasteiger partial charge in [0, 0.05) is 21.7 Å². The monoisotopic (exact) mass is 394 g/mol. The number of aryl methyl sites for hydroxylation is 1. The van der Waals surface area contributed by atoms with E-state index >= 15 is 0 Å². The first-order chi connectivity index (χ1) is 11.0. The van der Waals surface area contributed by atoms with Crippen molar-refractivity contribution in [3.05, 3.63) is 63.1 Å². The molecule has 2 rings (SSSR count). The molecule has 0 bridgehead atoms. The van der Waals surface area contributed by atoms with Gasteiger partial charge in [0.25, 0.3) is 0 Å². The Kier molecular flexibility index (Phi) is 6.19. The highest BCUT2D eigenvalue weighted by atomic mass is 79.9. The summed E-state index contributed by atoms with van der Waals surface area (Å²) in [5.41, 5.74) is 2.66. The molecule has 4 nitrogen and oxygen atoms in total. The van der Waals surface area contributed by atoms with E-state index < -0.39 is 11.8 Å². The number of hydrogen-bond donors (Lipinski definition) is 2. The van der Waals surface area contributed by atoms with E-state index in [-0.39, 0.29) is 0 Å². The lowest BCUT2D eigenvalue weighted by Crippen LogP contribution is -2.36. The van der Waals surface area contributed by atoms with Crippen molar-refractivity contribution < 1.29 is 9.59 Å². The number of hydrogen-bond acceptors (Lipinski definition) is 2. The van der Waals surface area contributed by atoms with Crippen LogP contribution in [0.15, 0.2) is 46.9 Å². The number of anilines is 1. The summed E-state index contributed by atoms with van der Waals surface area (Å²) in [6, 6.07) is 12.7. The Morgan fingerprint density at radius 2 is 1.78 bits per heavy atom. The van der Waals surface area contributed by atoms with Gasteiger partial charge in [-0.05, 0) is 48.7 Å². The molecule has 0 radical (unpaired) electrons. The van der Waals surface area contributed by atoms with E-state index in [1.807, 2.05) is 25.1 Å². The summed E-state index contributed by atoms with van der Waals surface area (Å²) in [6.07, 6.45) is 0.631. The molecular weight excluding hydrogens is 380 g/mol. The Hall–Kier alpha value is -1.85. The summed E-state index contributed by atoms with van der Waals surface area (Å²) < 4.78 is 0.874. The van der Waals surface area contributed by atoms with Gasteiger partial charge < -0.3 is 10.6 Å². The zero-order chi connectivity index (χ0) is 16.8. The van der Waals surface area contributed by atoms with E-state index in [2.05, 4.69) is 26.6 Å². The minimum absolute atomic E-state index is 0.380. The van der Waals surface area contributed by atoms with Gasteiger partial charge in [-0.3, -0.25) is 9.59 Å². The van der Waals surface area contributed by atoms with Crippen LogP contribution in [0.2, 0.25) is 5.02 Å². The average molecular weight is 396 g/mol. The normalized spacial score (nSPS) is 10.2. The lowest BCUT2D eigenvalue weighted by molar-refractivity contribution is -0.136. The van der Waals surface area contributed by atoms with Gasteiger partial charge in [0.15, 0.2) is 0 Å². The molecule has 0 spiro atoms. The number of benzene rings is 2. The molecule has 2 amide bonds. The van der Waals surface area contributed by atoms with Crippen molar-refractivity contribution in [2.45, 2.75) is 13.3 Å². The minimum Gasteiger partial charge on any atom is -0.347 e. The summed E-state index contributed by atoms with van der Waals surface area (Å²) in [7, 11) is 0. The predicted octanol–water partition coefficient (Wildman–Crippen LogP) is 3.71. The summed E-state index contributed by atoms with van der Waals surface area (Å²) in [6.45, 7) is 2.32. The highest BCUT2D eigenvalue weighted by Gasteiger charge is 2.13. The van der Waals surface area contributed by atoms with E-state index in [4.69, 9.17) is 11.6 Å². The second kappa shape index (κ2) is 8.13. The van der Waals surface area contributed by atoms with Gasteiger partial charge in [0.2, 0.25) is 0 Å². The molecular formula is C17H16BrClN2O2. The number of carbonyl (C=O) groups is 2. The highest BCUT2D eigenvalue weighted by molar-refractivity contribution is 9.10. The van der Waals surface area contributed by atoms with Crippen molar-refractivity contribution in [3.63, 3.8) is 0 Å². The van der Waals surface area contributed by atoms with Gasteiger partial charge in [0.05, 0.1) is 0 Å². The number of halogens is 2. The first-order valence-electron chi connectivity index (χ1n) is 7.05. The van der Waals surface area contributed by atoms with Crippen LogP contribution in [0.3, 0.4) is 0 Å². The van der Waals surface area contributed by atoms with E-state index in [0.717, 1.165) is 15.6 Å². The standard InChI is InChI=1S/C17H16BrClN2O2/c1-11-2-7-14(10-15(11)18)21-17(23)16(22)20-9-8-12-3-5-13(19)6-4-12/h2-7,10H,8-9H2,1H3,(H,20,22)(H,21,23). The van der Waals surface area contributed by atoms with Crippen LogP contribution in [-0.2, 0) is 16.0 Å². The first kappa shape index (κ1) is 17.5. The van der Waals surface area contributed by atoms with Crippen LogP contribution in [-0.4, -0.2) is 18.4 Å². The van der Waals surface area contributed by atoms with Crippen molar-refractivity contribution in [2.75, 3.05) is 11.9 Å². The summed E-state index contributed by atoms with van der Waals surface area (Å²) in [4.78, 5) is 23.6. The summed E-state index contributed by atoms with van der Waals surface area (Å²) in [5.74, 6) is -1.34. The molecule has 0 aliphatic carbocycles. The second-order valence-electron chi connectivity index (χ2n) is 5.05. The molecule has 2 aromatic carbocycles. The highest BCUT2D eigenvalue weighted by Crippen LogP contribution is 2.20. The molecule has 0 aromatic heterocycles. The van der Waals surface area contributed by atoms with E-state index in [0.29, 0.717) is 23.7 Å². The largest absolute Gasteiger partial charge is 0.347 e. The van der Waals surface area contributed by atoms with Crippen LogP contribution in [0.1, 0.15) is 11.1 Å². The molecule has 2 aromatic rings. The van der Waals surface area contributed by atoms with Crippen molar-refractivity contribution in [3.8, 4) is 0 Å². The smallest absolute Gasteiger partial charge is 0.313 e. The van der Waals surface area contributed by atoms with Gasteiger partial charge in [0.1, 0.15) is 0 Å². The van der Waals surface area contributed by atoms with Gasteiger partial charge >= 0.3 is 11.8 Å². The topological polar surface area (TPSA) is 58.2 Å². The Labute approximate surface area is 148 Å². The predicted molar refractivity (Wildman–Crippen MR) is 95.7 cm³/mol. The van der Waals surface area contributed by atoms with Crippen molar-refractivity contribution in [2.24, 2.45) is 0 Å². The number of nitrogens with one attached hydrogen (secondary N) is 2. The lowest BCUT2D eigenvalue weighted by atomic mass is 10.1. The fourth-order valence-corrected chi connectivity index (χ4v) is 2.41. The third-order valence-corrected chi connectivity index (χ3v) is 4.35. The Morgan fingerprint density at radius 1 is 1.09 bits per heavy atom. The van der Waals surface area contributed by atoms with Gasteiger partial charge in [-0.2, -0.15) is 0 Å². The quantitative estimate of drug-likeness (QED) is 0.775. The molecule has 0 aliphatic heterocycles. The third-order valence-electron chi connectivity index (χ3n) is 3.25. The molecule has 0 atom stereocenters. The zero-order valence-electron chi connectivity index (χ0n) is 12.5. The Morgan fingerprint density at radius 3 is 2.43 bits per heavy atom. The second-order valence-corrected chi connectivity index (χ2v) is 6.34. The van der Waals surface area contributed by atoms with Crippen molar-refractivity contribution in [1.29, 1.82) is 0 Å². The maximum absolute atomic E-state index is 11.8. The van der Waals surface area contributed by atoms with Crippen LogP contribution in [0.5, 0.6) is 0 Å². The van der Waals surface area contributed by atoms with Crippen LogP contribution in [0.4, 0.5) is 5.69 Å². The van der Waals surface area contributed by atoms with Crippen LogP contribution < -0.4 is 10.6 Å². The van der Waals surface area contributed by atoms with Crippen molar-refractivity contribution in [1.82, 2.24) is 5.32 Å². The molecule has 0 aliphatic rings. The lowest BCUT2D eigenvalue weighted by Gasteiger charge is -2.08. The minimum atomic E-state index is -0.683. The molecule has 0 saturated carbocycles. The maximum atomic E-state index is 11.8. The molecule has 0 unspecified atom stereocenters. The Bertz CT molecular complexity index is 717. The molecule has 0 saturated heterocycles. The fourth-order valence-electron chi connectivity index (χ4n) is 1.91. The van der Waals surface area contributed by atoms with E-state index in [1.54, 1.807) is 24.3 Å².